The molecule has 10 heteroatoms. The van der Waals surface area contributed by atoms with Crippen LogP contribution in [0.15, 0.2) is 0 Å². The number of nitrogens with two attached hydrogens (primary N) is 1. The van der Waals surface area contributed by atoms with Crippen molar-refractivity contribution in [2.24, 2.45) is 5.73 Å². The molecule has 1 aliphatic rings. The lowest BCUT2D eigenvalue weighted by molar-refractivity contribution is 0.180. The van der Waals surface area contributed by atoms with E-state index in [1.165, 1.54) is 0 Å². The quantitative estimate of drug-likeness (QED) is 0.142. The lowest BCUT2D eigenvalue weighted by atomic mass is 10.4. The Bertz CT molecular complexity index is 222. The third-order valence-electron chi connectivity index (χ3n) is 3.29. The number of hydrogen-bond donors (Lipinski definition) is 9. The lowest BCUT2D eigenvalue weighted by Gasteiger charge is -2.25. The summed E-state index contributed by atoms with van der Waals surface area (Å²) in [4.78, 5) is 2.26. The highest BCUT2D eigenvalue weighted by atomic mass is 16.3. The van der Waals surface area contributed by atoms with Crippen LogP contribution in [0.4, 0.5) is 0 Å². The first kappa shape index (κ1) is 27.8. The van der Waals surface area contributed by atoms with E-state index in [1.807, 2.05) is 0 Å². The zero-order valence-electron chi connectivity index (χ0n) is 16.1. The maximum atomic E-state index is 8.56. The zero-order valence-corrected chi connectivity index (χ0v) is 16.1. The van der Waals surface area contributed by atoms with E-state index in [9.17, 15) is 0 Å². The highest BCUT2D eigenvalue weighted by Gasteiger charge is 2.06. The lowest BCUT2D eigenvalue weighted by Crippen LogP contribution is -2.44. The molecule has 0 aromatic rings. The summed E-state index contributed by atoms with van der Waals surface area (Å²) < 4.78 is 0. The van der Waals surface area contributed by atoms with E-state index in [1.54, 1.807) is 0 Å². The number of nitrogens with one attached hydrogen (secondary N) is 4. The molecule has 0 unspecified atom stereocenters. The SMILES string of the molecule is NCCNCCO.OCCN1CCNCC1.OCCNCCNCCO. The largest absolute Gasteiger partial charge is 0.395 e. The van der Waals surface area contributed by atoms with Gasteiger partial charge in [0.15, 0.2) is 0 Å². The number of aliphatic hydroxyl groups is 4. The number of nitrogens with zero attached hydrogens (tertiary/aromatic N) is 1. The number of aliphatic hydroxyl groups excluding tert-OH is 4. The summed E-state index contributed by atoms with van der Waals surface area (Å²) in [6, 6.07) is 0. The first-order chi connectivity index (χ1) is 12.8. The van der Waals surface area contributed by atoms with Gasteiger partial charge in [-0.1, -0.05) is 0 Å². The van der Waals surface area contributed by atoms with Gasteiger partial charge in [-0.25, -0.2) is 0 Å². The molecule has 26 heavy (non-hydrogen) atoms. The zero-order chi connectivity index (χ0) is 19.7. The molecule has 1 rings (SSSR count). The summed E-state index contributed by atoms with van der Waals surface area (Å²) >= 11 is 0. The van der Waals surface area contributed by atoms with Crippen LogP contribution in [0, 0.1) is 0 Å². The molecule has 0 saturated carbocycles. The van der Waals surface area contributed by atoms with E-state index in [0.717, 1.165) is 52.4 Å². The minimum absolute atomic E-state index is 0.181. The van der Waals surface area contributed by atoms with Crippen molar-refractivity contribution in [2.45, 2.75) is 0 Å². The van der Waals surface area contributed by atoms with Gasteiger partial charge in [0.05, 0.1) is 26.4 Å². The van der Waals surface area contributed by atoms with Gasteiger partial charge < -0.3 is 47.4 Å². The van der Waals surface area contributed by atoms with Crippen molar-refractivity contribution in [1.29, 1.82) is 0 Å². The second-order valence-electron chi connectivity index (χ2n) is 5.52. The fourth-order valence-electron chi connectivity index (χ4n) is 1.97. The van der Waals surface area contributed by atoms with Crippen molar-refractivity contribution in [3.05, 3.63) is 0 Å². The minimum atomic E-state index is 0.181. The minimum Gasteiger partial charge on any atom is -0.395 e. The van der Waals surface area contributed by atoms with Crippen LogP contribution in [-0.4, -0.2) is 130 Å². The Balaban J connectivity index is 0. The monoisotopic (exact) mass is 382 g/mol. The third kappa shape index (κ3) is 25.8. The van der Waals surface area contributed by atoms with Crippen LogP contribution in [0.1, 0.15) is 0 Å². The molecule has 0 spiro atoms. The van der Waals surface area contributed by atoms with E-state index in [2.05, 4.69) is 26.2 Å². The summed E-state index contributed by atoms with van der Waals surface area (Å²) in [5, 5.41) is 45.6. The maximum Gasteiger partial charge on any atom is 0.0558 e. The van der Waals surface area contributed by atoms with Gasteiger partial charge in [-0.3, -0.25) is 4.90 Å². The molecule has 0 aliphatic carbocycles. The second-order valence-corrected chi connectivity index (χ2v) is 5.52. The van der Waals surface area contributed by atoms with Crippen LogP contribution >= 0.6 is 0 Å². The van der Waals surface area contributed by atoms with Crippen molar-refractivity contribution < 1.29 is 20.4 Å². The van der Waals surface area contributed by atoms with Crippen LogP contribution in [0.5, 0.6) is 0 Å². The Morgan fingerprint density at radius 2 is 1.15 bits per heavy atom. The van der Waals surface area contributed by atoms with Gasteiger partial charge >= 0.3 is 0 Å². The molecule has 1 aliphatic heterocycles. The van der Waals surface area contributed by atoms with Crippen LogP contribution in [0.25, 0.3) is 0 Å². The second kappa shape index (κ2) is 26.8. The van der Waals surface area contributed by atoms with Crippen LogP contribution in [0.2, 0.25) is 0 Å². The van der Waals surface area contributed by atoms with E-state index in [-0.39, 0.29) is 19.8 Å². The average molecular weight is 383 g/mol. The van der Waals surface area contributed by atoms with Gasteiger partial charge in [-0.15, -0.1) is 0 Å². The number of hydrogen-bond acceptors (Lipinski definition) is 10. The molecule has 0 aromatic carbocycles. The molecule has 0 bridgehead atoms. The van der Waals surface area contributed by atoms with Gasteiger partial charge in [0.1, 0.15) is 0 Å². The normalized spacial score (nSPS) is 14.2. The Morgan fingerprint density at radius 1 is 0.692 bits per heavy atom. The highest BCUT2D eigenvalue weighted by molar-refractivity contribution is 4.66. The Kier molecular flexibility index (Phi) is 28.7. The highest BCUT2D eigenvalue weighted by Crippen LogP contribution is 1.88. The topological polar surface area (TPSA) is 158 Å². The van der Waals surface area contributed by atoms with Crippen molar-refractivity contribution in [3.8, 4) is 0 Å². The van der Waals surface area contributed by atoms with Crippen molar-refractivity contribution in [2.75, 3.05) is 105 Å². The van der Waals surface area contributed by atoms with Crippen molar-refractivity contribution >= 4 is 0 Å². The molecule has 0 atom stereocenters. The van der Waals surface area contributed by atoms with E-state index >= 15 is 0 Å². The van der Waals surface area contributed by atoms with Crippen molar-refractivity contribution in [3.63, 3.8) is 0 Å². The Hall–Kier alpha value is -0.400. The standard InChI is InChI=1S/C6H16N2O2.C6H14N2O.C4H12N2O/c9-5-3-7-1-2-8-4-6-10;9-6-5-8-3-1-7-2-4-8;5-1-2-6-3-4-7/h7-10H,1-6H2;7,9H,1-6H2;6-7H,1-5H2. The predicted octanol–water partition coefficient (Wildman–Crippen LogP) is -4.44. The fraction of sp³-hybridized carbons (Fsp3) is 1.00. The molecule has 1 saturated heterocycles. The van der Waals surface area contributed by atoms with Crippen LogP contribution in [0.3, 0.4) is 0 Å². The maximum absolute atomic E-state index is 8.56. The summed E-state index contributed by atoms with van der Waals surface area (Å²) in [6.45, 7) is 11.0. The van der Waals surface area contributed by atoms with E-state index in [0.29, 0.717) is 32.8 Å². The molecule has 10 nitrogen and oxygen atoms in total. The predicted molar refractivity (Wildman–Crippen MR) is 105 cm³/mol. The van der Waals surface area contributed by atoms with Crippen LogP contribution < -0.4 is 27.0 Å². The molecule has 160 valence electrons. The fourth-order valence-corrected chi connectivity index (χ4v) is 1.97. The summed E-state index contributed by atoms with van der Waals surface area (Å²) in [5.74, 6) is 0. The summed E-state index contributed by atoms with van der Waals surface area (Å²) in [7, 11) is 0. The molecule has 1 fully saturated rings. The first-order valence-corrected chi connectivity index (χ1v) is 9.45. The molecule has 1 heterocycles. The first-order valence-electron chi connectivity index (χ1n) is 9.45. The smallest absolute Gasteiger partial charge is 0.0558 e. The van der Waals surface area contributed by atoms with E-state index < -0.39 is 0 Å². The van der Waals surface area contributed by atoms with Gasteiger partial charge in [0.25, 0.3) is 0 Å². The molecule has 0 radical (unpaired) electrons. The number of piperazine rings is 1. The van der Waals surface area contributed by atoms with Gasteiger partial charge in [-0.05, 0) is 0 Å². The van der Waals surface area contributed by atoms with Gasteiger partial charge in [0.2, 0.25) is 0 Å². The van der Waals surface area contributed by atoms with Crippen molar-refractivity contribution in [1.82, 2.24) is 26.2 Å². The average Bonchev–Trinajstić information content (AvgIpc) is 2.67. The Labute approximate surface area is 158 Å². The third-order valence-corrected chi connectivity index (χ3v) is 3.29. The van der Waals surface area contributed by atoms with Gasteiger partial charge in [-0.2, -0.15) is 0 Å². The van der Waals surface area contributed by atoms with Crippen LogP contribution in [-0.2, 0) is 0 Å². The molecule has 0 aromatic heterocycles. The molecule has 0 amide bonds. The number of β-amino-alcohol motifs (C(OH)–C–C–N with tert-alkyl or cyclic N) is 1. The number of rotatable bonds is 13. The summed E-state index contributed by atoms with van der Waals surface area (Å²) in [5.41, 5.74) is 5.13. The Morgan fingerprint density at radius 3 is 1.54 bits per heavy atom. The molecule has 10 N–H and O–H groups in total. The van der Waals surface area contributed by atoms with Gasteiger partial charge in [0, 0.05) is 78.5 Å². The van der Waals surface area contributed by atoms with E-state index in [4.69, 9.17) is 26.2 Å². The summed E-state index contributed by atoms with van der Waals surface area (Å²) in [6.07, 6.45) is 0. The molecular formula is C16H42N6O4. The molecular weight excluding hydrogens is 340 g/mol.